The summed E-state index contributed by atoms with van der Waals surface area (Å²) < 4.78 is 12.1. The lowest BCUT2D eigenvalue weighted by Crippen LogP contribution is -2.35. The Morgan fingerprint density at radius 3 is 2.74 bits per heavy atom. The molecule has 2 aromatic carbocycles. The van der Waals surface area contributed by atoms with Gasteiger partial charge in [-0.3, -0.25) is 0 Å². The molecule has 0 bridgehead atoms. The number of hydrogen-bond donors (Lipinski definition) is 1. The Kier molecular flexibility index (Phi) is 7.22. The quantitative estimate of drug-likeness (QED) is 0.476. The highest BCUT2D eigenvalue weighted by Crippen LogP contribution is 2.37. The molecule has 1 aliphatic carbocycles. The molecule has 0 aliphatic heterocycles. The number of aryl methyl sites for hydroxylation is 3. The average molecular weight is 438 g/mol. The first-order chi connectivity index (χ1) is 15.2. The molecule has 164 valence electrons. The highest BCUT2D eigenvalue weighted by molar-refractivity contribution is 7.15. The first-order valence-electron chi connectivity index (χ1n) is 10.9. The summed E-state index contributed by atoms with van der Waals surface area (Å²) >= 11 is 1.79. The van der Waals surface area contributed by atoms with Gasteiger partial charge >= 0.3 is 0 Å². The molecule has 4 rings (SSSR count). The number of benzene rings is 2. The van der Waals surface area contributed by atoms with Crippen LogP contribution in [0.3, 0.4) is 0 Å². The molecule has 0 fully saturated rings. The molecule has 0 radical (unpaired) electrons. The van der Waals surface area contributed by atoms with E-state index < -0.39 is 0 Å². The topological polar surface area (TPSA) is 60.6 Å². The van der Waals surface area contributed by atoms with E-state index in [1.54, 1.807) is 18.4 Å². The third kappa shape index (κ3) is 5.09. The van der Waals surface area contributed by atoms with Crippen LogP contribution in [0.1, 0.15) is 46.3 Å². The Labute approximate surface area is 188 Å². The number of nitrogens with two attached hydrogens (primary N) is 1. The van der Waals surface area contributed by atoms with E-state index in [0.29, 0.717) is 19.7 Å². The minimum atomic E-state index is -0.300. The predicted molar refractivity (Wildman–Crippen MR) is 127 cm³/mol. The lowest BCUT2D eigenvalue weighted by Gasteiger charge is -2.32. The molecule has 1 aliphatic rings. The second-order valence-corrected chi connectivity index (χ2v) is 8.98. The van der Waals surface area contributed by atoms with E-state index in [-0.39, 0.29) is 6.23 Å². The highest BCUT2D eigenvalue weighted by atomic mass is 32.1. The fourth-order valence-corrected chi connectivity index (χ4v) is 5.21. The molecule has 0 saturated heterocycles. The van der Waals surface area contributed by atoms with Crippen LogP contribution in [-0.4, -0.2) is 25.2 Å². The van der Waals surface area contributed by atoms with Gasteiger partial charge in [0.05, 0.1) is 19.4 Å². The Balaban J connectivity index is 1.69. The van der Waals surface area contributed by atoms with Gasteiger partial charge in [-0.25, -0.2) is 4.98 Å². The first kappa shape index (κ1) is 21.8. The lowest BCUT2D eigenvalue weighted by molar-refractivity contribution is 0.0369. The summed E-state index contributed by atoms with van der Waals surface area (Å²) in [5, 5.41) is 0.995. The fraction of sp³-hybridized carbons (Fsp3) is 0.400. The molecule has 6 heteroatoms. The molecule has 0 saturated carbocycles. The predicted octanol–water partition coefficient (Wildman–Crippen LogP) is 5.02. The molecule has 0 spiro atoms. The van der Waals surface area contributed by atoms with Crippen LogP contribution in [-0.2, 0) is 24.2 Å². The number of rotatable bonds is 9. The van der Waals surface area contributed by atoms with Gasteiger partial charge in [-0.15, -0.1) is 11.3 Å². The summed E-state index contributed by atoms with van der Waals surface area (Å²) in [6, 6.07) is 16.4. The molecule has 3 aromatic rings. The molecule has 1 heterocycles. The van der Waals surface area contributed by atoms with Crippen molar-refractivity contribution in [3.8, 4) is 5.75 Å². The number of hydrogen-bond acceptors (Lipinski definition) is 6. The van der Waals surface area contributed by atoms with Crippen LogP contribution in [0.15, 0.2) is 48.5 Å². The number of ether oxygens (including phenoxy) is 2. The van der Waals surface area contributed by atoms with Crippen molar-refractivity contribution in [1.29, 1.82) is 0 Å². The molecular formula is C25H31N3O2S. The summed E-state index contributed by atoms with van der Waals surface area (Å²) in [6.45, 7) is 3.83. The monoisotopic (exact) mass is 437 g/mol. The number of fused-ring (bicyclic) bond motifs is 1. The van der Waals surface area contributed by atoms with Gasteiger partial charge in [0.1, 0.15) is 5.75 Å². The van der Waals surface area contributed by atoms with E-state index >= 15 is 0 Å². The van der Waals surface area contributed by atoms with Crippen molar-refractivity contribution in [3.05, 3.63) is 75.8 Å². The molecule has 5 nitrogen and oxygen atoms in total. The smallest absolute Gasteiger partial charge is 0.188 e. The van der Waals surface area contributed by atoms with Crippen LogP contribution in [0.4, 0.5) is 5.13 Å². The maximum absolute atomic E-state index is 6.58. The molecule has 1 aromatic heterocycles. The molecule has 31 heavy (non-hydrogen) atoms. The normalized spacial score (nSPS) is 14.2. The third-order valence-electron chi connectivity index (χ3n) is 5.77. The van der Waals surface area contributed by atoms with Crippen molar-refractivity contribution in [3.63, 3.8) is 0 Å². The van der Waals surface area contributed by atoms with E-state index in [4.69, 9.17) is 20.2 Å². The van der Waals surface area contributed by atoms with E-state index in [2.05, 4.69) is 42.2 Å². The van der Waals surface area contributed by atoms with E-state index in [1.807, 2.05) is 18.2 Å². The van der Waals surface area contributed by atoms with E-state index in [0.717, 1.165) is 29.3 Å². The van der Waals surface area contributed by atoms with Gasteiger partial charge in [0.15, 0.2) is 11.4 Å². The minimum absolute atomic E-state index is 0.300. The minimum Gasteiger partial charge on any atom is -0.497 e. The summed E-state index contributed by atoms with van der Waals surface area (Å²) in [5.74, 6) is 0.813. The fourth-order valence-electron chi connectivity index (χ4n) is 4.02. The van der Waals surface area contributed by atoms with Gasteiger partial charge in [0.2, 0.25) is 0 Å². The Morgan fingerprint density at radius 2 is 1.97 bits per heavy atom. The molecule has 2 N–H and O–H groups in total. The van der Waals surface area contributed by atoms with Crippen LogP contribution >= 0.6 is 11.3 Å². The van der Waals surface area contributed by atoms with Crippen molar-refractivity contribution >= 4 is 16.5 Å². The summed E-state index contributed by atoms with van der Waals surface area (Å²) in [4.78, 5) is 8.64. The van der Waals surface area contributed by atoms with Crippen molar-refractivity contribution in [1.82, 2.24) is 4.98 Å². The summed E-state index contributed by atoms with van der Waals surface area (Å²) in [6.07, 6.45) is 4.35. The largest absolute Gasteiger partial charge is 0.497 e. The van der Waals surface area contributed by atoms with Crippen LogP contribution in [0, 0.1) is 6.92 Å². The third-order valence-corrected chi connectivity index (χ3v) is 6.96. The zero-order valence-electron chi connectivity index (χ0n) is 18.3. The summed E-state index contributed by atoms with van der Waals surface area (Å²) in [5.41, 5.74) is 10.7. The standard InChI is InChI=1S/C25H31N3O2S/c1-18-8-3-4-9-20(18)17-30-24(19-10-7-11-21(16-19)29-2)28(15-14-26)25-27-22-12-5-6-13-23(22)31-25/h3-4,7-11,16,24H,5-6,12-15,17,26H2,1-2H3. The Morgan fingerprint density at radius 1 is 1.13 bits per heavy atom. The van der Waals surface area contributed by atoms with E-state index in [9.17, 15) is 0 Å². The zero-order valence-corrected chi connectivity index (χ0v) is 19.2. The van der Waals surface area contributed by atoms with Crippen LogP contribution in [0.5, 0.6) is 5.75 Å². The first-order valence-corrected chi connectivity index (χ1v) is 11.8. The molecule has 0 amide bonds. The SMILES string of the molecule is COc1cccc(C(OCc2ccccc2C)N(CCN)c2nc3c(s2)CCCC3)c1. The van der Waals surface area contributed by atoms with Crippen molar-refractivity contribution in [2.24, 2.45) is 5.73 Å². The van der Waals surface area contributed by atoms with Gasteiger partial charge in [-0.05, 0) is 55.9 Å². The zero-order chi connectivity index (χ0) is 21.6. The van der Waals surface area contributed by atoms with Crippen LogP contribution in [0.25, 0.3) is 0 Å². The summed E-state index contributed by atoms with van der Waals surface area (Å²) in [7, 11) is 1.69. The number of nitrogens with zero attached hydrogens (tertiary/aromatic N) is 2. The maximum atomic E-state index is 6.58. The number of aromatic nitrogens is 1. The van der Waals surface area contributed by atoms with Gasteiger partial charge in [0, 0.05) is 23.5 Å². The lowest BCUT2D eigenvalue weighted by atomic mass is 10.0. The maximum Gasteiger partial charge on any atom is 0.188 e. The average Bonchev–Trinajstić information content (AvgIpc) is 3.24. The second kappa shape index (κ2) is 10.3. The van der Waals surface area contributed by atoms with Crippen molar-refractivity contribution in [2.75, 3.05) is 25.1 Å². The van der Waals surface area contributed by atoms with E-state index in [1.165, 1.54) is 34.5 Å². The van der Waals surface area contributed by atoms with Crippen LogP contribution in [0.2, 0.25) is 0 Å². The molecule has 1 atom stereocenters. The van der Waals surface area contributed by atoms with Crippen molar-refractivity contribution < 1.29 is 9.47 Å². The molecule has 1 unspecified atom stereocenters. The van der Waals surface area contributed by atoms with Gasteiger partial charge in [0.25, 0.3) is 0 Å². The number of thiazole rings is 1. The Hall–Kier alpha value is -2.41. The van der Waals surface area contributed by atoms with Crippen molar-refractivity contribution in [2.45, 2.75) is 45.4 Å². The Bertz CT molecular complexity index is 980. The van der Waals surface area contributed by atoms with Gasteiger partial charge < -0.3 is 20.1 Å². The number of anilines is 1. The van der Waals surface area contributed by atoms with Crippen LogP contribution < -0.4 is 15.4 Å². The highest BCUT2D eigenvalue weighted by Gasteiger charge is 2.26. The number of methoxy groups -OCH3 is 1. The van der Waals surface area contributed by atoms with Gasteiger partial charge in [-0.2, -0.15) is 0 Å². The molecular weight excluding hydrogens is 406 g/mol. The second-order valence-electron chi connectivity index (χ2n) is 7.92. The van der Waals surface area contributed by atoms with Gasteiger partial charge in [-0.1, -0.05) is 36.4 Å².